The van der Waals surface area contributed by atoms with Crippen LogP contribution in [0.15, 0.2) is 24.3 Å². The van der Waals surface area contributed by atoms with Crippen LogP contribution < -0.4 is 0 Å². The fourth-order valence-electron chi connectivity index (χ4n) is 4.76. The largest absolute Gasteiger partial charge is 0.373 e. The van der Waals surface area contributed by atoms with Gasteiger partial charge in [-0.3, -0.25) is 4.90 Å². The third-order valence-corrected chi connectivity index (χ3v) is 5.85. The monoisotopic (exact) mass is 331 g/mol. The van der Waals surface area contributed by atoms with Gasteiger partial charge in [0, 0.05) is 5.92 Å². The smallest absolute Gasteiger partial charge is 0.154 e. The van der Waals surface area contributed by atoms with Crippen molar-refractivity contribution in [3.63, 3.8) is 0 Å². The van der Waals surface area contributed by atoms with Gasteiger partial charge in [0.2, 0.25) is 0 Å². The zero-order valence-corrected chi connectivity index (χ0v) is 14.4. The summed E-state index contributed by atoms with van der Waals surface area (Å²) >= 11 is 0. The second-order valence-corrected chi connectivity index (χ2v) is 7.14. The highest BCUT2D eigenvalue weighted by atomic mass is 35.5. The van der Waals surface area contributed by atoms with Crippen molar-refractivity contribution in [1.82, 2.24) is 4.90 Å². The molecule has 0 spiro atoms. The van der Waals surface area contributed by atoms with Crippen molar-refractivity contribution in [3.05, 3.63) is 35.4 Å². The molecule has 2 nitrogen and oxygen atoms in total. The van der Waals surface area contributed by atoms with Gasteiger partial charge in [-0.2, -0.15) is 0 Å². The molecule has 1 aromatic carbocycles. The molecule has 1 N–H and O–H groups in total. The van der Waals surface area contributed by atoms with Crippen LogP contribution in [0.5, 0.6) is 0 Å². The molecule has 1 saturated carbocycles. The number of fused-ring (bicyclic) bond motifs is 3. The zero-order chi connectivity index (χ0) is 15.0. The molecule has 23 heavy (non-hydrogen) atoms. The molecule has 1 aromatic rings. The highest BCUT2D eigenvalue weighted by Gasteiger charge is 2.51. The van der Waals surface area contributed by atoms with E-state index in [4.69, 9.17) is 0 Å². The molecule has 3 unspecified atom stereocenters. The van der Waals surface area contributed by atoms with E-state index < -0.39 is 5.60 Å². The highest BCUT2D eigenvalue weighted by Crippen LogP contribution is 2.56. The quantitative estimate of drug-likeness (QED) is 0.793. The summed E-state index contributed by atoms with van der Waals surface area (Å²) in [6.07, 6.45) is 7.47. The number of likely N-dealkylation sites (tertiary alicyclic amines) is 1. The van der Waals surface area contributed by atoms with Gasteiger partial charge in [0.1, 0.15) is 0 Å². The van der Waals surface area contributed by atoms with Crippen LogP contribution in [0.3, 0.4) is 0 Å². The molecule has 1 heterocycles. The summed E-state index contributed by atoms with van der Waals surface area (Å²) in [6.45, 7) is 3.13. The Morgan fingerprint density at radius 2 is 1.87 bits per heavy atom. The summed E-state index contributed by atoms with van der Waals surface area (Å²) < 4.78 is 0. The molecule has 0 radical (unpaired) electrons. The second kappa shape index (κ2) is 6.85. The average Bonchev–Trinajstić information content (AvgIpc) is 3.13. The van der Waals surface area contributed by atoms with Gasteiger partial charge in [-0.15, -0.1) is 12.4 Å². The van der Waals surface area contributed by atoms with Crippen LogP contribution in [0.25, 0.3) is 0 Å². The van der Waals surface area contributed by atoms with Crippen molar-refractivity contribution < 1.29 is 5.11 Å². The molecular weight excluding hydrogens is 306 g/mol. The van der Waals surface area contributed by atoms with E-state index in [9.17, 15) is 5.11 Å². The Bertz CT molecular complexity index is 614. The van der Waals surface area contributed by atoms with E-state index in [0.717, 1.165) is 31.6 Å². The first kappa shape index (κ1) is 16.8. The molecule has 4 rings (SSSR count). The third-order valence-electron chi connectivity index (χ3n) is 5.85. The van der Waals surface area contributed by atoms with Gasteiger partial charge in [-0.25, -0.2) is 0 Å². The molecular formula is C20H26ClNO. The van der Waals surface area contributed by atoms with Crippen LogP contribution in [0, 0.1) is 17.8 Å². The summed E-state index contributed by atoms with van der Waals surface area (Å²) in [6, 6.07) is 8.42. The van der Waals surface area contributed by atoms with Crippen molar-refractivity contribution in [1.29, 1.82) is 0 Å². The number of hydrogen-bond acceptors (Lipinski definition) is 2. The van der Waals surface area contributed by atoms with Crippen LogP contribution in [-0.4, -0.2) is 29.6 Å². The molecule has 0 bridgehead atoms. The molecule has 2 fully saturated rings. The highest BCUT2D eigenvalue weighted by molar-refractivity contribution is 5.85. The summed E-state index contributed by atoms with van der Waals surface area (Å²) in [7, 11) is 0. The van der Waals surface area contributed by atoms with E-state index in [0.29, 0.717) is 11.8 Å². The lowest BCUT2D eigenvalue weighted by molar-refractivity contribution is 0.0449. The lowest BCUT2D eigenvalue weighted by atomic mass is 9.85. The summed E-state index contributed by atoms with van der Waals surface area (Å²) in [5.41, 5.74) is 1.52. The topological polar surface area (TPSA) is 23.5 Å². The minimum Gasteiger partial charge on any atom is -0.373 e. The summed E-state index contributed by atoms with van der Waals surface area (Å²) in [5.74, 6) is 7.44. The first-order chi connectivity index (χ1) is 10.8. The number of hydrogen-bond donors (Lipinski definition) is 1. The number of nitrogens with zero attached hydrogens (tertiary/aromatic N) is 1. The fraction of sp³-hybridized carbons (Fsp3) is 0.600. The molecule has 1 aliphatic heterocycles. The number of aliphatic hydroxyl groups is 1. The number of rotatable bonds is 1. The van der Waals surface area contributed by atoms with E-state index in [1.807, 2.05) is 6.07 Å². The Balaban J connectivity index is 0.00000156. The van der Waals surface area contributed by atoms with E-state index in [-0.39, 0.29) is 12.4 Å². The predicted molar refractivity (Wildman–Crippen MR) is 95.7 cm³/mol. The van der Waals surface area contributed by atoms with Gasteiger partial charge in [0.25, 0.3) is 0 Å². The first-order valence-electron chi connectivity index (χ1n) is 8.83. The van der Waals surface area contributed by atoms with Gasteiger partial charge in [0.05, 0.1) is 6.54 Å². The summed E-state index contributed by atoms with van der Waals surface area (Å²) in [5, 5.41) is 11.4. The SMILES string of the molecule is Cl.OC1(C#CCN2CCCCC2)c2ccccc2C2CCCC21. The number of piperidine rings is 1. The first-order valence-corrected chi connectivity index (χ1v) is 8.83. The van der Waals surface area contributed by atoms with E-state index >= 15 is 0 Å². The van der Waals surface area contributed by atoms with Crippen LogP contribution in [0.1, 0.15) is 55.6 Å². The van der Waals surface area contributed by atoms with Crippen LogP contribution >= 0.6 is 12.4 Å². The minimum absolute atomic E-state index is 0. The van der Waals surface area contributed by atoms with Gasteiger partial charge in [0.15, 0.2) is 5.60 Å². The minimum atomic E-state index is -0.909. The van der Waals surface area contributed by atoms with Crippen molar-refractivity contribution in [2.24, 2.45) is 5.92 Å². The second-order valence-electron chi connectivity index (χ2n) is 7.14. The molecule has 3 heteroatoms. The molecule has 1 saturated heterocycles. The van der Waals surface area contributed by atoms with Crippen LogP contribution in [0.2, 0.25) is 0 Å². The normalized spacial score (nSPS) is 32.4. The van der Waals surface area contributed by atoms with Crippen LogP contribution in [-0.2, 0) is 5.60 Å². The number of halogens is 1. The van der Waals surface area contributed by atoms with E-state index in [2.05, 4.69) is 34.9 Å². The van der Waals surface area contributed by atoms with Crippen molar-refractivity contribution in [3.8, 4) is 11.8 Å². The molecule has 0 amide bonds. The van der Waals surface area contributed by atoms with Crippen LogP contribution in [0.4, 0.5) is 0 Å². The van der Waals surface area contributed by atoms with Gasteiger partial charge in [-0.1, -0.05) is 48.9 Å². The summed E-state index contributed by atoms with van der Waals surface area (Å²) in [4.78, 5) is 2.42. The molecule has 3 atom stereocenters. The maximum absolute atomic E-state index is 11.4. The van der Waals surface area contributed by atoms with Crippen molar-refractivity contribution >= 4 is 12.4 Å². The Labute approximate surface area is 145 Å². The number of benzene rings is 1. The predicted octanol–water partition coefficient (Wildman–Crippen LogP) is 3.68. The van der Waals surface area contributed by atoms with Gasteiger partial charge in [-0.05, 0) is 55.8 Å². The zero-order valence-electron chi connectivity index (χ0n) is 13.6. The van der Waals surface area contributed by atoms with E-state index in [1.165, 1.54) is 37.7 Å². The Hall–Kier alpha value is -1.01. The average molecular weight is 332 g/mol. The molecule has 3 aliphatic rings. The van der Waals surface area contributed by atoms with Gasteiger partial charge >= 0.3 is 0 Å². The standard InChI is InChI=1S/C20H25NO.ClH/c22-20(12-7-15-21-13-4-1-5-14-21)18-10-3-2-8-16(18)17-9-6-11-19(17)20;/h2-3,8,10,17,19,22H,1,4-6,9,11,13-15H2;1H. The van der Waals surface area contributed by atoms with Crippen molar-refractivity contribution in [2.75, 3.05) is 19.6 Å². The molecule has 124 valence electrons. The maximum Gasteiger partial charge on any atom is 0.154 e. The molecule has 2 aliphatic carbocycles. The van der Waals surface area contributed by atoms with Crippen molar-refractivity contribution in [2.45, 2.75) is 50.0 Å². The Kier molecular flexibility index (Phi) is 5.01. The Morgan fingerprint density at radius 1 is 1.09 bits per heavy atom. The molecule has 0 aromatic heterocycles. The Morgan fingerprint density at radius 3 is 2.70 bits per heavy atom. The lowest BCUT2D eigenvalue weighted by Gasteiger charge is -2.26. The lowest BCUT2D eigenvalue weighted by Crippen LogP contribution is -2.32. The maximum atomic E-state index is 11.4. The third kappa shape index (κ3) is 2.91. The van der Waals surface area contributed by atoms with E-state index in [1.54, 1.807) is 0 Å². The fourth-order valence-corrected chi connectivity index (χ4v) is 4.76. The van der Waals surface area contributed by atoms with Gasteiger partial charge < -0.3 is 5.11 Å².